The Morgan fingerprint density at radius 3 is 0.773 bits per heavy atom. The number of phosphoric ester groups is 2. The van der Waals surface area contributed by atoms with Crippen LogP contribution in [0.4, 0.5) is 0 Å². The molecule has 0 heterocycles. The third-order valence-electron chi connectivity index (χ3n) is 15.9. The zero-order valence-electron chi connectivity index (χ0n) is 57.2. The van der Waals surface area contributed by atoms with E-state index in [-0.39, 0.29) is 25.7 Å². The molecule has 0 spiro atoms. The van der Waals surface area contributed by atoms with E-state index in [1.807, 2.05) is 0 Å². The second kappa shape index (κ2) is 60.0. The minimum Gasteiger partial charge on any atom is -0.462 e. The van der Waals surface area contributed by atoms with Crippen LogP contribution >= 0.6 is 15.6 Å². The standard InChI is InChI=1S/C69H134O17P2/c1-8-9-10-11-12-13-23-29-38-45-52-68(73)86-65(57-80-67(72)51-44-37-32-31-35-42-49-62(6)7)59-84-88(77,78)82-55-63(70)54-81-87(75,76)83-58-64(56-79-66(71)50-43-36-28-24-20-19-22-27-34-41-48-61(4)5)85-69(74)53-46-39-30-25-18-16-14-15-17-21-26-33-40-47-60(2)3/h60-65,70H,8-59H2,1-7H3,(H,75,76)(H,77,78)/t63-,64-,65-/m1/s1. The largest absolute Gasteiger partial charge is 0.472 e. The van der Waals surface area contributed by atoms with Crippen molar-refractivity contribution in [2.75, 3.05) is 39.6 Å². The van der Waals surface area contributed by atoms with Gasteiger partial charge in [-0.05, 0) is 43.4 Å². The summed E-state index contributed by atoms with van der Waals surface area (Å²) in [5.41, 5.74) is 0. The normalized spacial score (nSPS) is 14.2. The number of ether oxygens (including phenoxy) is 4. The highest BCUT2D eigenvalue weighted by atomic mass is 31.2. The van der Waals surface area contributed by atoms with E-state index in [0.29, 0.717) is 31.6 Å². The van der Waals surface area contributed by atoms with Gasteiger partial charge in [-0.3, -0.25) is 37.3 Å². The van der Waals surface area contributed by atoms with Gasteiger partial charge in [-0.1, -0.05) is 292 Å². The van der Waals surface area contributed by atoms with Crippen LogP contribution in [0, 0.1) is 17.8 Å². The average Bonchev–Trinajstić information content (AvgIpc) is 3.66. The zero-order valence-corrected chi connectivity index (χ0v) is 59.0. The number of esters is 4. The zero-order chi connectivity index (χ0) is 65.2. The van der Waals surface area contributed by atoms with Crippen molar-refractivity contribution in [1.82, 2.24) is 0 Å². The van der Waals surface area contributed by atoms with Crippen LogP contribution < -0.4 is 0 Å². The number of rotatable bonds is 67. The Labute approximate surface area is 537 Å². The molecule has 0 rings (SSSR count). The quantitative estimate of drug-likeness (QED) is 0.0222. The molecule has 0 aliphatic carbocycles. The Morgan fingerprint density at radius 1 is 0.307 bits per heavy atom. The van der Waals surface area contributed by atoms with Crippen molar-refractivity contribution in [2.45, 2.75) is 362 Å². The lowest BCUT2D eigenvalue weighted by Gasteiger charge is -2.21. The molecule has 3 N–H and O–H groups in total. The summed E-state index contributed by atoms with van der Waals surface area (Å²) in [5, 5.41) is 10.6. The van der Waals surface area contributed by atoms with Crippen LogP contribution in [0.15, 0.2) is 0 Å². The number of aliphatic hydroxyl groups excluding tert-OH is 1. The fourth-order valence-corrected chi connectivity index (χ4v) is 11.9. The van der Waals surface area contributed by atoms with Crippen LogP contribution in [-0.4, -0.2) is 96.7 Å². The number of hydrogen-bond donors (Lipinski definition) is 3. The van der Waals surface area contributed by atoms with E-state index in [2.05, 4.69) is 48.5 Å². The van der Waals surface area contributed by atoms with E-state index in [4.69, 9.17) is 37.0 Å². The second-order valence-corrected chi connectivity index (χ2v) is 29.3. The van der Waals surface area contributed by atoms with Crippen molar-refractivity contribution in [1.29, 1.82) is 0 Å². The molecule has 522 valence electrons. The highest BCUT2D eigenvalue weighted by Crippen LogP contribution is 2.45. The molecule has 0 aromatic rings. The molecule has 0 aliphatic rings. The van der Waals surface area contributed by atoms with Crippen molar-refractivity contribution in [3.8, 4) is 0 Å². The van der Waals surface area contributed by atoms with E-state index in [0.717, 1.165) is 108 Å². The van der Waals surface area contributed by atoms with E-state index in [1.165, 1.54) is 148 Å². The van der Waals surface area contributed by atoms with Gasteiger partial charge in [0.05, 0.1) is 26.4 Å². The van der Waals surface area contributed by atoms with Gasteiger partial charge >= 0.3 is 39.5 Å². The molecule has 17 nitrogen and oxygen atoms in total. The summed E-state index contributed by atoms with van der Waals surface area (Å²) in [6.45, 7) is 11.8. The van der Waals surface area contributed by atoms with Crippen LogP contribution in [0.5, 0.6) is 0 Å². The number of carbonyl (C=O) groups is 4. The van der Waals surface area contributed by atoms with Gasteiger partial charge in [0, 0.05) is 25.7 Å². The smallest absolute Gasteiger partial charge is 0.462 e. The number of aliphatic hydroxyl groups is 1. The molecule has 0 radical (unpaired) electrons. The second-order valence-electron chi connectivity index (χ2n) is 26.3. The first-order chi connectivity index (χ1) is 42.2. The van der Waals surface area contributed by atoms with Gasteiger partial charge < -0.3 is 33.8 Å². The summed E-state index contributed by atoms with van der Waals surface area (Å²) >= 11 is 0. The molecule has 0 saturated heterocycles. The molecular weight excluding hydrogens is 1160 g/mol. The molecule has 0 aliphatic heterocycles. The Kier molecular flexibility index (Phi) is 58.7. The van der Waals surface area contributed by atoms with Gasteiger partial charge in [0.1, 0.15) is 19.3 Å². The molecule has 19 heteroatoms. The molecule has 0 saturated carbocycles. The molecule has 0 aromatic carbocycles. The molecule has 0 bridgehead atoms. The Bertz CT molecular complexity index is 1730. The number of carbonyl (C=O) groups excluding carboxylic acids is 4. The Balaban J connectivity index is 5.23. The topological polar surface area (TPSA) is 237 Å². The first-order valence-corrected chi connectivity index (χ1v) is 38.8. The predicted molar refractivity (Wildman–Crippen MR) is 354 cm³/mol. The van der Waals surface area contributed by atoms with E-state index >= 15 is 0 Å². The van der Waals surface area contributed by atoms with Gasteiger partial charge in [0.2, 0.25) is 0 Å². The van der Waals surface area contributed by atoms with E-state index < -0.39 is 97.5 Å². The molecule has 2 unspecified atom stereocenters. The molecule has 0 fully saturated rings. The molecule has 5 atom stereocenters. The van der Waals surface area contributed by atoms with Crippen LogP contribution in [0.3, 0.4) is 0 Å². The predicted octanol–water partition coefficient (Wildman–Crippen LogP) is 19.5. The van der Waals surface area contributed by atoms with Gasteiger partial charge in [-0.25, -0.2) is 9.13 Å². The third-order valence-corrected chi connectivity index (χ3v) is 17.8. The van der Waals surface area contributed by atoms with Crippen molar-refractivity contribution in [3.63, 3.8) is 0 Å². The van der Waals surface area contributed by atoms with Crippen LogP contribution in [0.2, 0.25) is 0 Å². The van der Waals surface area contributed by atoms with Gasteiger partial charge in [0.15, 0.2) is 12.2 Å². The molecule has 88 heavy (non-hydrogen) atoms. The van der Waals surface area contributed by atoms with Gasteiger partial charge in [-0.15, -0.1) is 0 Å². The lowest BCUT2D eigenvalue weighted by molar-refractivity contribution is -0.161. The number of unbranched alkanes of at least 4 members (excludes halogenated alkanes) is 35. The minimum atomic E-state index is -4.95. The van der Waals surface area contributed by atoms with E-state index in [1.54, 1.807) is 0 Å². The monoisotopic (exact) mass is 1300 g/mol. The highest BCUT2D eigenvalue weighted by molar-refractivity contribution is 7.47. The van der Waals surface area contributed by atoms with Crippen molar-refractivity contribution in [3.05, 3.63) is 0 Å². The first-order valence-electron chi connectivity index (χ1n) is 35.8. The lowest BCUT2D eigenvalue weighted by Crippen LogP contribution is -2.30. The van der Waals surface area contributed by atoms with Gasteiger partial charge in [0.25, 0.3) is 0 Å². The Hall–Kier alpha value is -1.94. The first kappa shape index (κ1) is 86.1. The van der Waals surface area contributed by atoms with Gasteiger partial charge in [-0.2, -0.15) is 0 Å². The third kappa shape index (κ3) is 62.8. The summed E-state index contributed by atoms with van der Waals surface area (Å²) in [6.07, 6.45) is 43.2. The average molecular weight is 1300 g/mol. The van der Waals surface area contributed by atoms with Crippen molar-refractivity contribution >= 4 is 39.5 Å². The van der Waals surface area contributed by atoms with Crippen LogP contribution in [0.25, 0.3) is 0 Å². The maximum absolute atomic E-state index is 13.0. The summed E-state index contributed by atoms with van der Waals surface area (Å²) in [6, 6.07) is 0. The van der Waals surface area contributed by atoms with Crippen molar-refractivity contribution in [2.24, 2.45) is 17.8 Å². The molecule has 0 aromatic heterocycles. The maximum atomic E-state index is 13.0. The van der Waals surface area contributed by atoms with Crippen LogP contribution in [0.1, 0.15) is 344 Å². The summed E-state index contributed by atoms with van der Waals surface area (Å²) in [4.78, 5) is 72.4. The lowest BCUT2D eigenvalue weighted by atomic mass is 10.0. The molecular formula is C69H134O17P2. The summed E-state index contributed by atoms with van der Waals surface area (Å²) < 4.78 is 68.2. The highest BCUT2D eigenvalue weighted by Gasteiger charge is 2.30. The number of hydrogen-bond acceptors (Lipinski definition) is 15. The fraction of sp³-hybridized carbons (Fsp3) is 0.942. The maximum Gasteiger partial charge on any atom is 0.472 e. The summed E-state index contributed by atoms with van der Waals surface area (Å²) in [7, 11) is -9.90. The number of phosphoric acid groups is 2. The minimum absolute atomic E-state index is 0.105. The molecule has 0 amide bonds. The van der Waals surface area contributed by atoms with Crippen molar-refractivity contribution < 1.29 is 80.2 Å². The Morgan fingerprint density at radius 2 is 0.523 bits per heavy atom. The van der Waals surface area contributed by atoms with Crippen LogP contribution in [-0.2, 0) is 65.4 Å². The fourth-order valence-electron chi connectivity index (χ4n) is 10.4. The van der Waals surface area contributed by atoms with E-state index in [9.17, 15) is 43.2 Å². The SMILES string of the molecule is CCCCCCCCCCCCC(=O)O[C@H](COC(=O)CCCCCCCCC(C)C)COP(=O)(O)OC[C@H](O)COP(=O)(O)OC[C@@H](COC(=O)CCCCCCCCCCCCC(C)C)OC(=O)CCCCCCCCCCCCCCCC(C)C. The summed E-state index contributed by atoms with van der Waals surface area (Å²) in [5.74, 6) is 0.0955.